The van der Waals surface area contributed by atoms with E-state index in [4.69, 9.17) is 9.97 Å². The molecule has 1 fully saturated rings. The lowest BCUT2D eigenvalue weighted by Crippen LogP contribution is -2.38. The van der Waals surface area contributed by atoms with Crippen molar-refractivity contribution in [1.29, 1.82) is 0 Å². The van der Waals surface area contributed by atoms with Gasteiger partial charge in [-0.3, -0.25) is 19.2 Å². The zero-order valence-corrected chi connectivity index (χ0v) is 19.1. The SMILES string of the molecule is Cc1nc(C2CCN(C(=O)c3cnn(C)c3)C2)nc2c1CCC(=O)N2CCc1ccccc1. The molecular formula is C25H28N6O2. The monoisotopic (exact) mass is 444 g/mol. The molecule has 0 N–H and O–H groups in total. The maximum atomic E-state index is 12.8. The third kappa shape index (κ3) is 4.25. The van der Waals surface area contributed by atoms with Crippen LogP contribution in [0.5, 0.6) is 0 Å². The molecular weight excluding hydrogens is 416 g/mol. The van der Waals surface area contributed by atoms with Gasteiger partial charge < -0.3 is 4.90 Å². The van der Waals surface area contributed by atoms with Crippen LogP contribution in [0.25, 0.3) is 0 Å². The smallest absolute Gasteiger partial charge is 0.257 e. The number of carbonyl (C=O) groups is 2. The quantitative estimate of drug-likeness (QED) is 0.604. The van der Waals surface area contributed by atoms with Crippen molar-refractivity contribution in [3.05, 3.63) is 70.9 Å². The lowest BCUT2D eigenvalue weighted by atomic mass is 10.0. The van der Waals surface area contributed by atoms with Crippen LogP contribution in [0.15, 0.2) is 42.7 Å². The molecule has 5 rings (SSSR count). The Morgan fingerprint density at radius 3 is 2.73 bits per heavy atom. The largest absolute Gasteiger partial charge is 0.338 e. The molecule has 0 saturated carbocycles. The normalized spacial score (nSPS) is 18.0. The Morgan fingerprint density at radius 2 is 1.97 bits per heavy atom. The van der Waals surface area contributed by atoms with E-state index in [-0.39, 0.29) is 17.7 Å². The molecule has 1 aromatic carbocycles. The van der Waals surface area contributed by atoms with Gasteiger partial charge in [-0.15, -0.1) is 0 Å². The Labute approximate surface area is 193 Å². The van der Waals surface area contributed by atoms with Gasteiger partial charge in [-0.05, 0) is 31.7 Å². The van der Waals surface area contributed by atoms with Gasteiger partial charge in [0.05, 0.1) is 11.8 Å². The van der Waals surface area contributed by atoms with Crippen molar-refractivity contribution in [2.45, 2.75) is 38.5 Å². The Morgan fingerprint density at radius 1 is 1.15 bits per heavy atom. The van der Waals surface area contributed by atoms with E-state index >= 15 is 0 Å². The first-order chi connectivity index (χ1) is 16.0. The number of likely N-dealkylation sites (tertiary alicyclic amines) is 1. The molecule has 2 aromatic heterocycles. The number of nitrogens with zero attached hydrogens (tertiary/aromatic N) is 6. The van der Waals surface area contributed by atoms with Crippen LogP contribution in [0, 0.1) is 6.92 Å². The van der Waals surface area contributed by atoms with E-state index in [1.165, 1.54) is 5.56 Å². The number of fused-ring (bicyclic) bond motifs is 1. The molecule has 2 amide bonds. The van der Waals surface area contributed by atoms with E-state index in [0.717, 1.165) is 35.7 Å². The van der Waals surface area contributed by atoms with Crippen LogP contribution >= 0.6 is 0 Å². The van der Waals surface area contributed by atoms with Gasteiger partial charge >= 0.3 is 0 Å². The number of carbonyl (C=O) groups excluding carboxylic acids is 2. The number of amides is 2. The topological polar surface area (TPSA) is 84.2 Å². The van der Waals surface area contributed by atoms with Gasteiger partial charge in [0, 0.05) is 56.5 Å². The molecule has 8 nitrogen and oxygen atoms in total. The molecule has 170 valence electrons. The van der Waals surface area contributed by atoms with Crippen LogP contribution < -0.4 is 4.90 Å². The molecule has 1 unspecified atom stereocenters. The second-order valence-electron chi connectivity index (χ2n) is 8.89. The summed E-state index contributed by atoms with van der Waals surface area (Å²) in [6, 6.07) is 10.2. The molecule has 2 aliphatic rings. The van der Waals surface area contributed by atoms with Gasteiger partial charge in [-0.25, -0.2) is 9.97 Å². The number of rotatable bonds is 5. The van der Waals surface area contributed by atoms with E-state index < -0.39 is 0 Å². The first-order valence-corrected chi connectivity index (χ1v) is 11.5. The molecule has 8 heteroatoms. The third-order valence-electron chi connectivity index (χ3n) is 6.61. The summed E-state index contributed by atoms with van der Waals surface area (Å²) in [4.78, 5) is 39.1. The third-order valence-corrected chi connectivity index (χ3v) is 6.61. The molecule has 1 atom stereocenters. The standard InChI is InChI=1S/C25H28N6O2/c1-17-21-8-9-22(32)31(13-10-18-6-4-3-5-7-18)24(21)28-23(27-17)19-11-12-30(16-19)25(33)20-14-26-29(2)15-20/h3-7,14-15,19H,8-13,16H2,1-2H3. The van der Waals surface area contributed by atoms with E-state index in [1.807, 2.05) is 34.9 Å². The number of aryl methyl sites for hydroxylation is 2. The second kappa shape index (κ2) is 8.77. The lowest BCUT2D eigenvalue weighted by molar-refractivity contribution is -0.118. The van der Waals surface area contributed by atoms with Gasteiger partial charge in [0.1, 0.15) is 11.6 Å². The molecule has 33 heavy (non-hydrogen) atoms. The minimum atomic E-state index is -0.0139. The molecule has 2 aliphatic heterocycles. The van der Waals surface area contributed by atoms with Crippen molar-refractivity contribution >= 4 is 17.6 Å². The number of benzene rings is 1. The van der Waals surface area contributed by atoms with Gasteiger partial charge in [-0.1, -0.05) is 30.3 Å². The van der Waals surface area contributed by atoms with E-state index in [2.05, 4.69) is 17.2 Å². The number of anilines is 1. The van der Waals surface area contributed by atoms with Gasteiger partial charge in [-0.2, -0.15) is 5.10 Å². The van der Waals surface area contributed by atoms with Crippen LogP contribution in [0.2, 0.25) is 0 Å². The summed E-state index contributed by atoms with van der Waals surface area (Å²) in [5.74, 6) is 1.64. The molecule has 4 heterocycles. The predicted octanol–water partition coefficient (Wildman–Crippen LogP) is 2.67. The summed E-state index contributed by atoms with van der Waals surface area (Å²) < 4.78 is 1.64. The average molecular weight is 445 g/mol. The number of hydrogen-bond donors (Lipinski definition) is 0. The average Bonchev–Trinajstić information content (AvgIpc) is 3.48. The fourth-order valence-corrected chi connectivity index (χ4v) is 4.77. The van der Waals surface area contributed by atoms with Crippen molar-refractivity contribution in [3.8, 4) is 0 Å². The Hall–Kier alpha value is -3.55. The maximum Gasteiger partial charge on any atom is 0.257 e. The Bertz CT molecular complexity index is 1190. The summed E-state index contributed by atoms with van der Waals surface area (Å²) in [6.07, 6.45) is 6.10. The van der Waals surface area contributed by atoms with Crippen molar-refractivity contribution in [3.63, 3.8) is 0 Å². The van der Waals surface area contributed by atoms with Crippen LogP contribution in [0.1, 0.15) is 51.8 Å². The summed E-state index contributed by atoms with van der Waals surface area (Å²) in [5, 5.41) is 4.11. The molecule has 3 aromatic rings. The minimum absolute atomic E-state index is 0.0139. The van der Waals surface area contributed by atoms with Gasteiger partial charge in [0.2, 0.25) is 5.91 Å². The summed E-state index contributed by atoms with van der Waals surface area (Å²) >= 11 is 0. The second-order valence-corrected chi connectivity index (χ2v) is 8.89. The minimum Gasteiger partial charge on any atom is -0.338 e. The van der Waals surface area contributed by atoms with Crippen LogP contribution in [0.4, 0.5) is 5.82 Å². The Kier molecular flexibility index (Phi) is 5.66. The molecule has 1 saturated heterocycles. The summed E-state index contributed by atoms with van der Waals surface area (Å²) in [7, 11) is 1.80. The van der Waals surface area contributed by atoms with Crippen LogP contribution in [0.3, 0.4) is 0 Å². The van der Waals surface area contributed by atoms with Crippen molar-refractivity contribution in [2.24, 2.45) is 7.05 Å². The molecule has 0 radical (unpaired) electrons. The van der Waals surface area contributed by atoms with Crippen LogP contribution in [-0.2, 0) is 24.7 Å². The molecule has 0 aliphatic carbocycles. The lowest BCUT2D eigenvalue weighted by Gasteiger charge is -2.30. The molecule has 0 spiro atoms. The summed E-state index contributed by atoms with van der Waals surface area (Å²) in [6.45, 7) is 3.84. The maximum absolute atomic E-state index is 12.8. The first kappa shape index (κ1) is 21.3. The van der Waals surface area contributed by atoms with Crippen LogP contribution in [-0.4, -0.2) is 56.1 Å². The first-order valence-electron chi connectivity index (χ1n) is 11.5. The van der Waals surface area contributed by atoms with Gasteiger partial charge in [0.15, 0.2) is 0 Å². The highest BCUT2D eigenvalue weighted by atomic mass is 16.2. The fraction of sp³-hybridized carbons (Fsp3) is 0.400. The molecule has 0 bridgehead atoms. The Balaban J connectivity index is 1.37. The number of hydrogen-bond acceptors (Lipinski definition) is 5. The zero-order chi connectivity index (χ0) is 22.9. The van der Waals surface area contributed by atoms with Crippen molar-refractivity contribution in [2.75, 3.05) is 24.5 Å². The fourth-order valence-electron chi connectivity index (χ4n) is 4.77. The van der Waals surface area contributed by atoms with Crippen molar-refractivity contribution < 1.29 is 9.59 Å². The van der Waals surface area contributed by atoms with E-state index in [0.29, 0.717) is 38.0 Å². The van der Waals surface area contributed by atoms with Crippen molar-refractivity contribution in [1.82, 2.24) is 24.6 Å². The van der Waals surface area contributed by atoms with E-state index in [1.54, 1.807) is 24.1 Å². The van der Waals surface area contributed by atoms with Gasteiger partial charge in [0.25, 0.3) is 5.91 Å². The zero-order valence-electron chi connectivity index (χ0n) is 19.1. The highest BCUT2D eigenvalue weighted by molar-refractivity contribution is 5.95. The highest BCUT2D eigenvalue weighted by Crippen LogP contribution is 2.32. The highest BCUT2D eigenvalue weighted by Gasteiger charge is 2.33. The summed E-state index contributed by atoms with van der Waals surface area (Å²) in [5.41, 5.74) is 3.79. The predicted molar refractivity (Wildman–Crippen MR) is 124 cm³/mol. The number of aromatic nitrogens is 4. The van der Waals surface area contributed by atoms with E-state index in [9.17, 15) is 9.59 Å².